The zero-order valence-electron chi connectivity index (χ0n) is 11.1. The number of nitrogens with one attached hydrogen (secondary N) is 1. The van der Waals surface area contributed by atoms with Gasteiger partial charge in [0.1, 0.15) is 0 Å². The van der Waals surface area contributed by atoms with E-state index in [0.717, 1.165) is 5.92 Å². The molecule has 0 atom stereocenters. The molecule has 0 aromatic carbocycles. The molecule has 1 aliphatic heterocycles. The highest BCUT2D eigenvalue weighted by molar-refractivity contribution is 4.99. The third kappa shape index (κ3) is 2.43. The molecule has 1 spiro atoms. The lowest BCUT2D eigenvalue weighted by molar-refractivity contribution is 0.0479. The molecule has 1 N–H and O–H groups in total. The van der Waals surface area contributed by atoms with Crippen molar-refractivity contribution in [3.8, 4) is 0 Å². The first-order chi connectivity index (χ1) is 7.80. The van der Waals surface area contributed by atoms with E-state index >= 15 is 0 Å². The average Bonchev–Trinajstić information content (AvgIpc) is 2.78. The highest BCUT2D eigenvalue weighted by Crippen LogP contribution is 2.36. The van der Waals surface area contributed by atoms with Gasteiger partial charge in [-0.25, -0.2) is 0 Å². The third-order valence-electron chi connectivity index (χ3n) is 4.85. The molecule has 1 aliphatic carbocycles. The number of hydrogen-bond donors (Lipinski definition) is 1. The van der Waals surface area contributed by atoms with Gasteiger partial charge in [-0.1, -0.05) is 39.5 Å². The fourth-order valence-electron chi connectivity index (χ4n) is 3.55. The first-order valence-corrected chi connectivity index (χ1v) is 7.26. The Morgan fingerprint density at radius 3 is 2.50 bits per heavy atom. The molecule has 94 valence electrons. The summed E-state index contributed by atoms with van der Waals surface area (Å²) in [5.74, 6) is 0.913. The molecule has 2 fully saturated rings. The van der Waals surface area contributed by atoms with Crippen LogP contribution in [0.2, 0.25) is 0 Å². The van der Waals surface area contributed by atoms with Crippen LogP contribution in [0.3, 0.4) is 0 Å². The van der Waals surface area contributed by atoms with Gasteiger partial charge in [0.25, 0.3) is 0 Å². The molecule has 2 aliphatic rings. The van der Waals surface area contributed by atoms with Crippen molar-refractivity contribution in [2.45, 2.75) is 57.9 Å². The van der Waals surface area contributed by atoms with Gasteiger partial charge in [0.15, 0.2) is 0 Å². The maximum absolute atomic E-state index is 3.62. The summed E-state index contributed by atoms with van der Waals surface area (Å²) in [5, 5.41) is 3.62. The zero-order chi connectivity index (χ0) is 11.4. The van der Waals surface area contributed by atoms with Crippen LogP contribution in [0.5, 0.6) is 0 Å². The summed E-state index contributed by atoms with van der Waals surface area (Å²) in [6.07, 6.45) is 8.44. The van der Waals surface area contributed by atoms with E-state index in [1.807, 2.05) is 0 Å². The predicted octanol–water partition coefficient (Wildman–Crippen LogP) is 2.64. The SMILES string of the molecule is CCC(CC)CN1CCNCC12CCCC2. The summed E-state index contributed by atoms with van der Waals surface area (Å²) >= 11 is 0. The first kappa shape index (κ1) is 12.4. The molecular weight excluding hydrogens is 196 g/mol. The van der Waals surface area contributed by atoms with Crippen molar-refractivity contribution in [3.05, 3.63) is 0 Å². The highest BCUT2D eigenvalue weighted by Gasteiger charge is 2.41. The molecule has 0 unspecified atom stereocenters. The summed E-state index contributed by atoms with van der Waals surface area (Å²) < 4.78 is 0. The van der Waals surface area contributed by atoms with E-state index in [1.54, 1.807) is 0 Å². The van der Waals surface area contributed by atoms with Gasteiger partial charge in [0.2, 0.25) is 0 Å². The highest BCUT2D eigenvalue weighted by atomic mass is 15.3. The van der Waals surface area contributed by atoms with E-state index in [9.17, 15) is 0 Å². The molecule has 0 aromatic heterocycles. The van der Waals surface area contributed by atoms with E-state index in [-0.39, 0.29) is 0 Å². The van der Waals surface area contributed by atoms with E-state index in [2.05, 4.69) is 24.1 Å². The average molecular weight is 224 g/mol. The molecule has 2 nitrogen and oxygen atoms in total. The molecule has 16 heavy (non-hydrogen) atoms. The lowest BCUT2D eigenvalue weighted by Gasteiger charge is -2.46. The molecule has 2 heteroatoms. The standard InChI is InChI=1S/C14H28N2/c1-3-13(4-2)11-16-10-9-15-12-14(16)7-5-6-8-14/h13,15H,3-12H2,1-2H3. The van der Waals surface area contributed by atoms with E-state index in [4.69, 9.17) is 0 Å². The van der Waals surface area contributed by atoms with Crippen molar-refractivity contribution in [3.63, 3.8) is 0 Å². The molecule has 1 saturated carbocycles. The smallest absolute Gasteiger partial charge is 0.0334 e. The number of rotatable bonds is 4. The maximum Gasteiger partial charge on any atom is 0.0334 e. The van der Waals surface area contributed by atoms with E-state index in [1.165, 1.54) is 64.7 Å². The van der Waals surface area contributed by atoms with Crippen molar-refractivity contribution < 1.29 is 0 Å². The predicted molar refractivity (Wildman–Crippen MR) is 69.7 cm³/mol. The van der Waals surface area contributed by atoms with Gasteiger partial charge in [-0.3, -0.25) is 4.90 Å². The van der Waals surface area contributed by atoms with Crippen LogP contribution in [-0.2, 0) is 0 Å². The Morgan fingerprint density at radius 2 is 1.88 bits per heavy atom. The second-order valence-corrected chi connectivity index (χ2v) is 5.74. The minimum Gasteiger partial charge on any atom is -0.314 e. The van der Waals surface area contributed by atoms with Gasteiger partial charge in [0.05, 0.1) is 0 Å². The van der Waals surface area contributed by atoms with Gasteiger partial charge in [-0.2, -0.15) is 0 Å². The molecule has 0 amide bonds. The fourth-order valence-corrected chi connectivity index (χ4v) is 3.55. The Labute approximate surface area is 101 Å². The Hall–Kier alpha value is -0.0800. The van der Waals surface area contributed by atoms with Gasteiger partial charge in [0, 0.05) is 31.7 Å². The normalized spacial score (nSPS) is 25.7. The molecule has 1 heterocycles. The van der Waals surface area contributed by atoms with Crippen molar-refractivity contribution in [1.29, 1.82) is 0 Å². The summed E-state index contributed by atoms with van der Waals surface area (Å²) in [7, 11) is 0. The second kappa shape index (κ2) is 5.50. The molecule has 2 rings (SSSR count). The number of hydrogen-bond acceptors (Lipinski definition) is 2. The van der Waals surface area contributed by atoms with Gasteiger partial charge < -0.3 is 5.32 Å². The lowest BCUT2D eigenvalue weighted by Crippen LogP contribution is -2.60. The van der Waals surface area contributed by atoms with Crippen LogP contribution in [0.25, 0.3) is 0 Å². The fraction of sp³-hybridized carbons (Fsp3) is 1.00. The van der Waals surface area contributed by atoms with Crippen LogP contribution >= 0.6 is 0 Å². The van der Waals surface area contributed by atoms with Gasteiger partial charge >= 0.3 is 0 Å². The lowest BCUT2D eigenvalue weighted by atomic mass is 9.90. The van der Waals surface area contributed by atoms with Crippen LogP contribution < -0.4 is 5.32 Å². The topological polar surface area (TPSA) is 15.3 Å². The van der Waals surface area contributed by atoms with Crippen LogP contribution in [0.1, 0.15) is 52.4 Å². The van der Waals surface area contributed by atoms with Crippen molar-refractivity contribution in [2.75, 3.05) is 26.2 Å². The largest absolute Gasteiger partial charge is 0.314 e. The Balaban J connectivity index is 1.99. The summed E-state index contributed by atoms with van der Waals surface area (Å²) in [6, 6.07) is 0. The van der Waals surface area contributed by atoms with Crippen molar-refractivity contribution in [2.24, 2.45) is 5.92 Å². The Morgan fingerprint density at radius 1 is 1.19 bits per heavy atom. The number of piperazine rings is 1. The van der Waals surface area contributed by atoms with Crippen molar-refractivity contribution in [1.82, 2.24) is 10.2 Å². The Kier molecular flexibility index (Phi) is 4.26. The van der Waals surface area contributed by atoms with Gasteiger partial charge in [-0.05, 0) is 18.8 Å². The van der Waals surface area contributed by atoms with Crippen LogP contribution in [0.15, 0.2) is 0 Å². The number of nitrogens with zero attached hydrogens (tertiary/aromatic N) is 1. The van der Waals surface area contributed by atoms with E-state index in [0.29, 0.717) is 5.54 Å². The van der Waals surface area contributed by atoms with Crippen LogP contribution in [0, 0.1) is 5.92 Å². The molecule has 0 bridgehead atoms. The minimum absolute atomic E-state index is 0.542. The summed E-state index contributed by atoms with van der Waals surface area (Å²) in [5.41, 5.74) is 0.542. The zero-order valence-corrected chi connectivity index (χ0v) is 11.1. The second-order valence-electron chi connectivity index (χ2n) is 5.74. The molecule has 0 aromatic rings. The molecule has 0 radical (unpaired) electrons. The maximum atomic E-state index is 3.62. The summed E-state index contributed by atoms with van der Waals surface area (Å²) in [6.45, 7) is 9.75. The van der Waals surface area contributed by atoms with Crippen LogP contribution in [0.4, 0.5) is 0 Å². The molecular formula is C14H28N2. The summed E-state index contributed by atoms with van der Waals surface area (Å²) in [4.78, 5) is 2.83. The third-order valence-corrected chi connectivity index (χ3v) is 4.85. The van der Waals surface area contributed by atoms with Crippen LogP contribution in [-0.4, -0.2) is 36.6 Å². The quantitative estimate of drug-likeness (QED) is 0.790. The first-order valence-electron chi connectivity index (χ1n) is 7.26. The van der Waals surface area contributed by atoms with E-state index < -0.39 is 0 Å². The Bertz CT molecular complexity index is 205. The van der Waals surface area contributed by atoms with Gasteiger partial charge in [-0.15, -0.1) is 0 Å². The van der Waals surface area contributed by atoms with Crippen molar-refractivity contribution >= 4 is 0 Å². The minimum atomic E-state index is 0.542. The molecule has 1 saturated heterocycles. The monoisotopic (exact) mass is 224 g/mol.